The summed E-state index contributed by atoms with van der Waals surface area (Å²) in [4.78, 5) is 2.64. The van der Waals surface area contributed by atoms with Gasteiger partial charge >= 0.3 is 0 Å². The summed E-state index contributed by atoms with van der Waals surface area (Å²) in [5, 5.41) is 0. The van der Waals surface area contributed by atoms with E-state index in [1.807, 2.05) is 0 Å². The number of rotatable bonds is 0. The summed E-state index contributed by atoms with van der Waals surface area (Å²) in [5.41, 5.74) is 5.05. The van der Waals surface area contributed by atoms with Gasteiger partial charge in [-0.25, -0.2) is 0 Å². The first-order chi connectivity index (χ1) is 9.68. The van der Waals surface area contributed by atoms with Crippen LogP contribution in [0, 0.1) is 5.41 Å². The van der Waals surface area contributed by atoms with Crippen LogP contribution >= 0.6 is 0 Å². The minimum absolute atomic E-state index is 0.110. The minimum Gasteiger partial charge on any atom is -0.361 e. The van der Waals surface area contributed by atoms with Crippen LogP contribution in [0.4, 0.5) is 5.69 Å². The molecule has 0 aliphatic carbocycles. The average Bonchev–Trinajstić information content (AvgIpc) is 2.25. The molecule has 0 spiro atoms. The standard InChI is InChI=1S/C21H35N/c1-18(2,3)16-11-12-17-15(13-16)14-20(7,8)21(9,10)22(17)19(4,5)6/h11-13H,14H2,1-10H3. The molecule has 22 heavy (non-hydrogen) atoms. The highest BCUT2D eigenvalue weighted by atomic mass is 15.3. The summed E-state index contributed by atoms with van der Waals surface area (Å²) < 4.78 is 0. The Balaban J connectivity index is 2.68. The molecular weight excluding hydrogens is 266 g/mol. The van der Waals surface area contributed by atoms with Gasteiger partial charge in [-0.3, -0.25) is 0 Å². The zero-order chi connectivity index (χ0) is 17.1. The van der Waals surface area contributed by atoms with E-state index in [0.29, 0.717) is 0 Å². The van der Waals surface area contributed by atoms with Crippen LogP contribution in [0.5, 0.6) is 0 Å². The summed E-state index contributed by atoms with van der Waals surface area (Å²) >= 11 is 0. The van der Waals surface area contributed by atoms with Crippen molar-refractivity contribution in [3.63, 3.8) is 0 Å². The van der Waals surface area contributed by atoms with Gasteiger partial charge in [-0.1, -0.05) is 46.8 Å². The van der Waals surface area contributed by atoms with E-state index in [2.05, 4.69) is 92.3 Å². The number of hydrogen-bond acceptors (Lipinski definition) is 1. The monoisotopic (exact) mass is 301 g/mol. The fraction of sp³-hybridized carbons (Fsp3) is 0.714. The second-order valence-electron chi connectivity index (χ2n) is 10.2. The molecule has 0 radical (unpaired) electrons. The van der Waals surface area contributed by atoms with Gasteiger partial charge in [0.1, 0.15) is 0 Å². The molecule has 1 heterocycles. The molecule has 1 aliphatic rings. The maximum absolute atomic E-state index is 2.64. The molecule has 0 atom stereocenters. The van der Waals surface area contributed by atoms with E-state index in [4.69, 9.17) is 0 Å². The lowest BCUT2D eigenvalue weighted by atomic mass is 9.64. The summed E-state index contributed by atoms with van der Waals surface area (Å²) in [5.74, 6) is 0. The molecule has 0 aromatic heterocycles. The van der Waals surface area contributed by atoms with E-state index in [9.17, 15) is 0 Å². The molecule has 1 aromatic rings. The molecule has 1 heteroatoms. The van der Waals surface area contributed by atoms with E-state index in [0.717, 1.165) is 6.42 Å². The largest absolute Gasteiger partial charge is 0.361 e. The van der Waals surface area contributed by atoms with E-state index in [-0.39, 0.29) is 21.9 Å². The molecule has 1 nitrogen and oxygen atoms in total. The Morgan fingerprint density at radius 1 is 0.909 bits per heavy atom. The van der Waals surface area contributed by atoms with Crippen LogP contribution in [0.1, 0.15) is 80.4 Å². The van der Waals surface area contributed by atoms with Crippen molar-refractivity contribution in [2.75, 3.05) is 4.90 Å². The van der Waals surface area contributed by atoms with Crippen molar-refractivity contribution >= 4 is 5.69 Å². The SMILES string of the molecule is CC(C)(C)c1ccc2c(c1)CC(C)(C)C(C)(C)N2C(C)(C)C. The summed E-state index contributed by atoms with van der Waals surface area (Å²) in [6.45, 7) is 23.5. The molecule has 0 N–H and O–H groups in total. The number of fused-ring (bicyclic) bond motifs is 1. The van der Waals surface area contributed by atoms with Gasteiger partial charge in [0.05, 0.1) is 0 Å². The Morgan fingerprint density at radius 2 is 1.45 bits per heavy atom. The first-order valence-corrected chi connectivity index (χ1v) is 8.62. The molecule has 0 saturated heterocycles. The maximum atomic E-state index is 2.64. The Labute approximate surface area is 138 Å². The summed E-state index contributed by atoms with van der Waals surface area (Å²) in [6.07, 6.45) is 1.14. The van der Waals surface area contributed by atoms with Gasteiger partial charge in [0.2, 0.25) is 0 Å². The quantitative estimate of drug-likeness (QED) is 0.572. The third kappa shape index (κ3) is 2.68. The third-order valence-corrected chi connectivity index (χ3v) is 5.70. The van der Waals surface area contributed by atoms with Gasteiger partial charge in [0.15, 0.2) is 0 Å². The Kier molecular flexibility index (Phi) is 3.76. The molecule has 0 saturated carbocycles. The third-order valence-electron chi connectivity index (χ3n) is 5.70. The van der Waals surface area contributed by atoms with Crippen LogP contribution in [0.15, 0.2) is 18.2 Å². The maximum Gasteiger partial charge on any atom is 0.0408 e. The highest BCUT2D eigenvalue weighted by molar-refractivity contribution is 5.62. The first kappa shape index (κ1) is 17.4. The first-order valence-electron chi connectivity index (χ1n) is 8.62. The number of anilines is 1. The van der Waals surface area contributed by atoms with Gasteiger partial charge < -0.3 is 4.90 Å². The lowest BCUT2D eigenvalue weighted by molar-refractivity contribution is 0.148. The second-order valence-corrected chi connectivity index (χ2v) is 10.2. The van der Waals surface area contributed by atoms with Crippen molar-refractivity contribution in [1.82, 2.24) is 0 Å². The Bertz CT molecular complexity index is 565. The molecule has 1 aromatic carbocycles. The summed E-state index contributed by atoms with van der Waals surface area (Å²) in [6, 6.07) is 7.13. The lowest BCUT2D eigenvalue weighted by Gasteiger charge is -2.60. The van der Waals surface area contributed by atoms with Crippen LogP contribution in [-0.4, -0.2) is 11.1 Å². The van der Waals surface area contributed by atoms with E-state index in [1.54, 1.807) is 0 Å². The van der Waals surface area contributed by atoms with Gasteiger partial charge in [-0.2, -0.15) is 0 Å². The fourth-order valence-corrected chi connectivity index (χ4v) is 3.91. The van der Waals surface area contributed by atoms with Crippen molar-refractivity contribution < 1.29 is 0 Å². The molecule has 0 bridgehead atoms. The summed E-state index contributed by atoms with van der Waals surface area (Å²) in [7, 11) is 0. The van der Waals surface area contributed by atoms with Gasteiger partial charge in [0.25, 0.3) is 0 Å². The second kappa shape index (κ2) is 4.76. The number of hydrogen-bond donors (Lipinski definition) is 0. The van der Waals surface area contributed by atoms with Gasteiger partial charge in [-0.05, 0) is 69.1 Å². The van der Waals surface area contributed by atoms with E-state index >= 15 is 0 Å². The zero-order valence-electron chi connectivity index (χ0n) is 16.4. The number of nitrogens with zero attached hydrogens (tertiary/aromatic N) is 1. The smallest absolute Gasteiger partial charge is 0.0408 e. The normalized spacial score (nSPS) is 20.7. The molecule has 124 valence electrons. The van der Waals surface area contributed by atoms with E-state index in [1.165, 1.54) is 16.8 Å². The predicted octanol–water partition coefficient (Wildman–Crippen LogP) is 5.95. The van der Waals surface area contributed by atoms with Gasteiger partial charge in [-0.15, -0.1) is 0 Å². The zero-order valence-corrected chi connectivity index (χ0v) is 16.4. The van der Waals surface area contributed by atoms with Gasteiger partial charge in [0, 0.05) is 16.8 Å². The molecule has 0 unspecified atom stereocenters. The van der Waals surface area contributed by atoms with Crippen molar-refractivity contribution in [2.45, 2.75) is 92.2 Å². The number of benzene rings is 1. The molecule has 0 amide bonds. The lowest BCUT2D eigenvalue weighted by Crippen LogP contribution is -2.64. The van der Waals surface area contributed by atoms with Crippen LogP contribution < -0.4 is 4.90 Å². The van der Waals surface area contributed by atoms with Crippen LogP contribution in [0.2, 0.25) is 0 Å². The Morgan fingerprint density at radius 3 is 1.91 bits per heavy atom. The molecule has 2 rings (SSSR count). The van der Waals surface area contributed by atoms with Crippen LogP contribution in [0.25, 0.3) is 0 Å². The van der Waals surface area contributed by atoms with Crippen molar-refractivity contribution in [2.24, 2.45) is 5.41 Å². The topological polar surface area (TPSA) is 3.24 Å². The van der Waals surface area contributed by atoms with Crippen molar-refractivity contribution in [1.29, 1.82) is 0 Å². The van der Waals surface area contributed by atoms with Crippen molar-refractivity contribution in [3.8, 4) is 0 Å². The molecule has 1 aliphatic heterocycles. The molecular formula is C21H35N. The fourth-order valence-electron chi connectivity index (χ4n) is 3.91. The molecule has 0 fully saturated rings. The predicted molar refractivity (Wildman–Crippen MR) is 98.9 cm³/mol. The van der Waals surface area contributed by atoms with Crippen molar-refractivity contribution in [3.05, 3.63) is 29.3 Å². The Hall–Kier alpha value is -0.980. The van der Waals surface area contributed by atoms with E-state index < -0.39 is 0 Å². The minimum atomic E-state index is 0.110. The van der Waals surface area contributed by atoms with Crippen LogP contribution in [0.3, 0.4) is 0 Å². The average molecular weight is 302 g/mol. The van der Waals surface area contributed by atoms with Crippen LogP contribution in [-0.2, 0) is 11.8 Å². The highest BCUT2D eigenvalue weighted by Gasteiger charge is 2.49. The highest BCUT2D eigenvalue weighted by Crippen LogP contribution is 2.50.